The van der Waals surface area contributed by atoms with Gasteiger partial charge in [0.1, 0.15) is 0 Å². The number of carbonyl (C=O) groups is 1. The highest BCUT2D eigenvalue weighted by Gasteiger charge is 2.21. The van der Waals surface area contributed by atoms with E-state index < -0.39 is 0 Å². The average molecular weight is 228 g/mol. The molecule has 0 radical (unpaired) electrons. The molecule has 0 spiro atoms. The molecular formula is C12H24N2O2. The summed E-state index contributed by atoms with van der Waals surface area (Å²) in [5.41, 5.74) is 0. The minimum absolute atomic E-state index is 0.0803. The molecule has 1 saturated carbocycles. The van der Waals surface area contributed by atoms with Gasteiger partial charge in [0.2, 0.25) is 5.91 Å². The summed E-state index contributed by atoms with van der Waals surface area (Å²) in [4.78, 5) is 11.8. The lowest BCUT2D eigenvalue weighted by molar-refractivity contribution is -0.123. The van der Waals surface area contributed by atoms with Crippen LogP contribution in [0.25, 0.3) is 0 Å². The van der Waals surface area contributed by atoms with Crippen molar-refractivity contribution < 1.29 is 9.90 Å². The number of amides is 1. The molecule has 0 aromatic heterocycles. The number of aliphatic hydroxyl groups excluding tert-OH is 1. The number of rotatable bonds is 6. The van der Waals surface area contributed by atoms with Crippen LogP contribution < -0.4 is 10.6 Å². The van der Waals surface area contributed by atoms with E-state index in [1.165, 1.54) is 12.8 Å². The van der Waals surface area contributed by atoms with E-state index in [4.69, 9.17) is 5.11 Å². The fourth-order valence-corrected chi connectivity index (χ4v) is 2.18. The lowest BCUT2D eigenvalue weighted by Crippen LogP contribution is -2.48. The summed E-state index contributed by atoms with van der Waals surface area (Å²) in [6.07, 6.45) is 5.37. The van der Waals surface area contributed by atoms with E-state index in [1.807, 2.05) is 13.8 Å². The van der Waals surface area contributed by atoms with Crippen LogP contribution in [0, 0.1) is 0 Å². The van der Waals surface area contributed by atoms with Crippen molar-refractivity contribution in [3.63, 3.8) is 0 Å². The van der Waals surface area contributed by atoms with Gasteiger partial charge in [-0.3, -0.25) is 4.79 Å². The Labute approximate surface area is 97.8 Å². The summed E-state index contributed by atoms with van der Waals surface area (Å²) in [5, 5.41) is 15.0. The first-order valence-electron chi connectivity index (χ1n) is 6.30. The van der Waals surface area contributed by atoms with Crippen molar-refractivity contribution in [2.45, 2.75) is 64.1 Å². The Morgan fingerprint density at radius 3 is 2.56 bits per heavy atom. The molecule has 4 nitrogen and oxygen atoms in total. The van der Waals surface area contributed by atoms with Crippen LogP contribution >= 0.6 is 0 Å². The van der Waals surface area contributed by atoms with E-state index in [0.717, 1.165) is 12.8 Å². The highest BCUT2D eigenvalue weighted by Crippen LogP contribution is 2.17. The van der Waals surface area contributed by atoms with Crippen LogP contribution in [0.1, 0.15) is 46.0 Å². The Hall–Kier alpha value is -0.610. The van der Waals surface area contributed by atoms with Gasteiger partial charge >= 0.3 is 0 Å². The van der Waals surface area contributed by atoms with Crippen LogP contribution in [0.15, 0.2) is 0 Å². The van der Waals surface area contributed by atoms with Gasteiger partial charge in [0.05, 0.1) is 6.04 Å². The van der Waals surface area contributed by atoms with E-state index in [0.29, 0.717) is 12.5 Å². The second-order valence-corrected chi connectivity index (χ2v) is 4.79. The first-order chi connectivity index (χ1) is 7.63. The summed E-state index contributed by atoms with van der Waals surface area (Å²) in [6, 6.07) is 0.376. The SMILES string of the molecule is CC(CCO)NC(C)C(=O)NC1CCCC1. The first-order valence-corrected chi connectivity index (χ1v) is 6.30. The molecule has 94 valence electrons. The molecule has 0 heterocycles. The van der Waals surface area contributed by atoms with Gasteiger partial charge in [0.15, 0.2) is 0 Å². The third kappa shape index (κ3) is 4.49. The zero-order valence-corrected chi connectivity index (χ0v) is 10.3. The molecule has 0 aromatic rings. The second-order valence-electron chi connectivity index (χ2n) is 4.79. The van der Waals surface area contributed by atoms with Crippen molar-refractivity contribution in [3.8, 4) is 0 Å². The quantitative estimate of drug-likeness (QED) is 0.630. The summed E-state index contributed by atoms with van der Waals surface area (Å²) in [7, 11) is 0. The lowest BCUT2D eigenvalue weighted by Gasteiger charge is -2.21. The van der Waals surface area contributed by atoms with Gasteiger partial charge in [-0.25, -0.2) is 0 Å². The molecule has 1 amide bonds. The van der Waals surface area contributed by atoms with Gasteiger partial charge in [0.25, 0.3) is 0 Å². The highest BCUT2D eigenvalue weighted by atomic mass is 16.3. The third-order valence-electron chi connectivity index (χ3n) is 3.19. The van der Waals surface area contributed by atoms with Gasteiger partial charge < -0.3 is 15.7 Å². The summed E-state index contributed by atoms with van der Waals surface area (Å²) in [5.74, 6) is 0.0803. The fraction of sp³-hybridized carbons (Fsp3) is 0.917. The topological polar surface area (TPSA) is 61.4 Å². The van der Waals surface area contributed by atoms with Gasteiger partial charge in [0, 0.05) is 18.7 Å². The molecule has 2 atom stereocenters. The molecule has 1 rings (SSSR count). The molecule has 0 aliphatic heterocycles. The Bertz CT molecular complexity index is 215. The molecule has 1 fully saturated rings. The van der Waals surface area contributed by atoms with Gasteiger partial charge in [-0.2, -0.15) is 0 Å². The number of nitrogens with one attached hydrogen (secondary N) is 2. The fourth-order valence-electron chi connectivity index (χ4n) is 2.18. The average Bonchev–Trinajstić information content (AvgIpc) is 2.70. The normalized spacial score (nSPS) is 20.7. The maximum atomic E-state index is 11.8. The Morgan fingerprint density at radius 1 is 1.38 bits per heavy atom. The smallest absolute Gasteiger partial charge is 0.237 e. The number of hydrogen-bond acceptors (Lipinski definition) is 3. The van der Waals surface area contributed by atoms with Crippen molar-refractivity contribution >= 4 is 5.91 Å². The summed E-state index contributed by atoms with van der Waals surface area (Å²) < 4.78 is 0. The van der Waals surface area contributed by atoms with Crippen LogP contribution in [0.5, 0.6) is 0 Å². The van der Waals surface area contributed by atoms with E-state index in [9.17, 15) is 4.79 Å². The molecule has 2 unspecified atom stereocenters. The Kier molecular flexibility index (Phi) is 5.77. The van der Waals surface area contributed by atoms with Crippen LogP contribution in [0.4, 0.5) is 0 Å². The highest BCUT2D eigenvalue weighted by molar-refractivity contribution is 5.81. The predicted octanol–water partition coefficient (Wildman–Crippen LogP) is 0.794. The standard InChI is InChI=1S/C12H24N2O2/c1-9(7-8-15)13-10(2)12(16)14-11-5-3-4-6-11/h9-11,13,15H,3-8H2,1-2H3,(H,14,16). The second kappa shape index (κ2) is 6.86. The molecule has 3 N–H and O–H groups in total. The monoisotopic (exact) mass is 228 g/mol. The van der Waals surface area contributed by atoms with Gasteiger partial charge in [-0.15, -0.1) is 0 Å². The van der Waals surface area contributed by atoms with Crippen LogP contribution in [-0.4, -0.2) is 35.7 Å². The number of aliphatic hydroxyl groups is 1. The Morgan fingerprint density at radius 2 is 2.00 bits per heavy atom. The third-order valence-corrected chi connectivity index (χ3v) is 3.19. The van der Waals surface area contributed by atoms with E-state index in [1.54, 1.807) is 0 Å². The Balaban J connectivity index is 2.23. The zero-order valence-electron chi connectivity index (χ0n) is 10.3. The van der Waals surface area contributed by atoms with Crippen molar-refractivity contribution in [2.24, 2.45) is 0 Å². The van der Waals surface area contributed by atoms with Crippen molar-refractivity contribution in [2.75, 3.05) is 6.61 Å². The molecule has 0 aromatic carbocycles. The van der Waals surface area contributed by atoms with Crippen molar-refractivity contribution in [1.29, 1.82) is 0 Å². The number of carbonyl (C=O) groups excluding carboxylic acids is 1. The number of hydrogen-bond donors (Lipinski definition) is 3. The predicted molar refractivity (Wildman–Crippen MR) is 64.2 cm³/mol. The van der Waals surface area contributed by atoms with Crippen LogP contribution in [0.2, 0.25) is 0 Å². The first kappa shape index (κ1) is 13.5. The molecule has 1 aliphatic carbocycles. The van der Waals surface area contributed by atoms with Crippen molar-refractivity contribution in [1.82, 2.24) is 10.6 Å². The van der Waals surface area contributed by atoms with Crippen LogP contribution in [-0.2, 0) is 4.79 Å². The zero-order chi connectivity index (χ0) is 12.0. The maximum Gasteiger partial charge on any atom is 0.237 e. The largest absolute Gasteiger partial charge is 0.396 e. The molecular weight excluding hydrogens is 204 g/mol. The summed E-state index contributed by atoms with van der Waals surface area (Å²) in [6.45, 7) is 4.01. The molecule has 1 aliphatic rings. The lowest BCUT2D eigenvalue weighted by atomic mass is 10.2. The van der Waals surface area contributed by atoms with Crippen molar-refractivity contribution in [3.05, 3.63) is 0 Å². The molecule has 16 heavy (non-hydrogen) atoms. The maximum absolute atomic E-state index is 11.8. The molecule has 0 bridgehead atoms. The van der Waals surface area contributed by atoms with E-state index in [-0.39, 0.29) is 24.6 Å². The summed E-state index contributed by atoms with van der Waals surface area (Å²) >= 11 is 0. The molecule has 4 heteroatoms. The van der Waals surface area contributed by atoms with Gasteiger partial charge in [-0.1, -0.05) is 12.8 Å². The van der Waals surface area contributed by atoms with Gasteiger partial charge in [-0.05, 0) is 33.1 Å². The minimum atomic E-state index is -0.179. The minimum Gasteiger partial charge on any atom is -0.396 e. The van der Waals surface area contributed by atoms with Crippen LogP contribution in [0.3, 0.4) is 0 Å². The van der Waals surface area contributed by atoms with E-state index in [2.05, 4.69) is 10.6 Å². The van der Waals surface area contributed by atoms with E-state index >= 15 is 0 Å². The molecule has 0 saturated heterocycles.